The zero-order valence-corrected chi connectivity index (χ0v) is 13.5. The predicted octanol–water partition coefficient (Wildman–Crippen LogP) is 2.46. The molecular weight excluding hydrogens is 300 g/mol. The summed E-state index contributed by atoms with van der Waals surface area (Å²) in [6.07, 6.45) is 0. The minimum absolute atomic E-state index is 0.150. The molecule has 0 aromatic heterocycles. The first kappa shape index (κ1) is 16.2. The lowest BCUT2D eigenvalue weighted by Gasteiger charge is -2.10. The van der Waals surface area contributed by atoms with Crippen molar-refractivity contribution in [3.05, 3.63) is 59.2 Å². The maximum Gasteiger partial charge on any atom is 0.255 e. The van der Waals surface area contributed by atoms with Crippen LogP contribution in [0.5, 0.6) is 0 Å². The molecule has 5 nitrogen and oxygen atoms in total. The lowest BCUT2D eigenvalue weighted by Crippen LogP contribution is -2.20. The number of anilines is 1. The summed E-state index contributed by atoms with van der Waals surface area (Å²) in [4.78, 5) is 12.3. The highest BCUT2D eigenvalue weighted by Crippen LogP contribution is 2.20. The maximum atomic E-state index is 12.2. The number of nitrogens with one attached hydrogen (secondary N) is 2. The van der Waals surface area contributed by atoms with E-state index in [1.807, 2.05) is 19.1 Å². The SMILES string of the molecule is CNS(=O)(=O)c1cc(NC(=O)c2ccc(C)cc2)ccc1C. The Hall–Kier alpha value is -2.18. The van der Waals surface area contributed by atoms with Crippen LogP contribution < -0.4 is 10.0 Å². The van der Waals surface area contributed by atoms with Crippen molar-refractivity contribution < 1.29 is 13.2 Å². The molecule has 0 bridgehead atoms. The highest BCUT2D eigenvalue weighted by molar-refractivity contribution is 7.89. The predicted molar refractivity (Wildman–Crippen MR) is 86.6 cm³/mol. The molecule has 0 fully saturated rings. The Morgan fingerprint density at radius 1 is 1.00 bits per heavy atom. The lowest BCUT2D eigenvalue weighted by molar-refractivity contribution is 0.102. The van der Waals surface area contributed by atoms with Gasteiger partial charge in [0.25, 0.3) is 5.91 Å². The molecule has 2 rings (SSSR count). The summed E-state index contributed by atoms with van der Waals surface area (Å²) < 4.78 is 26.2. The molecule has 0 unspecified atom stereocenters. The molecule has 0 atom stereocenters. The van der Waals surface area contributed by atoms with Crippen molar-refractivity contribution in [2.75, 3.05) is 12.4 Å². The van der Waals surface area contributed by atoms with Crippen LogP contribution in [0.2, 0.25) is 0 Å². The Morgan fingerprint density at radius 3 is 2.23 bits per heavy atom. The molecule has 0 saturated heterocycles. The number of hydrogen-bond acceptors (Lipinski definition) is 3. The third-order valence-corrected chi connectivity index (χ3v) is 4.87. The van der Waals surface area contributed by atoms with Crippen LogP contribution in [0.1, 0.15) is 21.5 Å². The van der Waals surface area contributed by atoms with Crippen molar-refractivity contribution in [1.82, 2.24) is 4.72 Å². The van der Waals surface area contributed by atoms with Gasteiger partial charge in [0.2, 0.25) is 10.0 Å². The Kier molecular flexibility index (Phi) is 4.63. The van der Waals surface area contributed by atoms with Gasteiger partial charge >= 0.3 is 0 Å². The van der Waals surface area contributed by atoms with Gasteiger partial charge in [-0.3, -0.25) is 4.79 Å². The largest absolute Gasteiger partial charge is 0.322 e. The average Bonchev–Trinajstić information content (AvgIpc) is 2.49. The van der Waals surface area contributed by atoms with E-state index in [4.69, 9.17) is 0 Å². The van der Waals surface area contributed by atoms with E-state index in [2.05, 4.69) is 10.0 Å². The number of carbonyl (C=O) groups excluding carboxylic acids is 1. The number of aryl methyl sites for hydroxylation is 2. The molecule has 2 aromatic carbocycles. The van der Waals surface area contributed by atoms with Crippen molar-refractivity contribution in [3.63, 3.8) is 0 Å². The number of carbonyl (C=O) groups is 1. The van der Waals surface area contributed by atoms with Gasteiger partial charge < -0.3 is 5.32 Å². The van der Waals surface area contributed by atoms with Crippen LogP contribution in [0.15, 0.2) is 47.4 Å². The highest BCUT2D eigenvalue weighted by atomic mass is 32.2. The standard InChI is InChI=1S/C16H18N2O3S/c1-11-4-7-13(8-5-11)16(19)18-14-9-6-12(2)15(10-14)22(20,21)17-3/h4-10,17H,1-3H3,(H,18,19). The summed E-state index contributed by atoms with van der Waals surface area (Å²) in [6.45, 7) is 3.65. The molecule has 0 aliphatic carbocycles. The van der Waals surface area contributed by atoms with Gasteiger partial charge in [-0.25, -0.2) is 13.1 Å². The minimum Gasteiger partial charge on any atom is -0.322 e. The molecule has 2 aromatic rings. The van der Waals surface area contributed by atoms with Crippen LogP contribution in [0, 0.1) is 13.8 Å². The van der Waals surface area contributed by atoms with Crippen molar-refractivity contribution >= 4 is 21.6 Å². The summed E-state index contributed by atoms with van der Waals surface area (Å²) in [5.74, 6) is -0.281. The number of amides is 1. The summed E-state index contributed by atoms with van der Waals surface area (Å²) in [5, 5.41) is 2.71. The molecule has 0 aliphatic heterocycles. The second kappa shape index (κ2) is 6.29. The summed E-state index contributed by atoms with van der Waals surface area (Å²) in [7, 11) is -2.21. The van der Waals surface area contributed by atoms with Gasteiger partial charge in [-0.05, 0) is 50.7 Å². The van der Waals surface area contributed by atoms with Crippen LogP contribution in [0.4, 0.5) is 5.69 Å². The fraction of sp³-hybridized carbons (Fsp3) is 0.188. The van der Waals surface area contributed by atoms with Gasteiger partial charge in [-0.15, -0.1) is 0 Å². The summed E-state index contributed by atoms with van der Waals surface area (Å²) >= 11 is 0. The lowest BCUT2D eigenvalue weighted by atomic mass is 10.1. The van der Waals surface area contributed by atoms with Crippen molar-refractivity contribution in [3.8, 4) is 0 Å². The molecule has 0 aliphatic rings. The smallest absolute Gasteiger partial charge is 0.255 e. The molecule has 0 saturated carbocycles. The molecule has 2 N–H and O–H groups in total. The maximum absolute atomic E-state index is 12.2. The van der Waals surface area contributed by atoms with Gasteiger partial charge in [-0.2, -0.15) is 0 Å². The van der Waals surface area contributed by atoms with Crippen molar-refractivity contribution in [2.45, 2.75) is 18.7 Å². The van der Waals surface area contributed by atoms with Gasteiger partial charge in [0.05, 0.1) is 4.90 Å². The first-order chi connectivity index (χ1) is 10.3. The molecule has 0 heterocycles. The molecule has 116 valence electrons. The fourth-order valence-electron chi connectivity index (χ4n) is 1.99. The van der Waals surface area contributed by atoms with E-state index < -0.39 is 10.0 Å². The zero-order valence-electron chi connectivity index (χ0n) is 12.7. The number of hydrogen-bond donors (Lipinski definition) is 2. The van der Waals surface area contributed by atoms with Crippen LogP contribution in [0.25, 0.3) is 0 Å². The normalized spacial score (nSPS) is 11.2. The van der Waals surface area contributed by atoms with Crippen LogP contribution in [0.3, 0.4) is 0 Å². The van der Waals surface area contributed by atoms with Gasteiger partial charge in [0.15, 0.2) is 0 Å². The minimum atomic E-state index is -3.56. The molecule has 1 amide bonds. The number of sulfonamides is 1. The Balaban J connectivity index is 2.29. The first-order valence-electron chi connectivity index (χ1n) is 6.76. The summed E-state index contributed by atoms with van der Waals surface area (Å²) in [5.41, 5.74) is 2.63. The Labute approximate surface area is 130 Å². The Morgan fingerprint density at radius 2 is 1.64 bits per heavy atom. The topological polar surface area (TPSA) is 75.3 Å². The van der Waals surface area contributed by atoms with Gasteiger partial charge in [0, 0.05) is 11.3 Å². The van der Waals surface area contributed by atoms with Gasteiger partial charge in [-0.1, -0.05) is 23.8 Å². The monoisotopic (exact) mass is 318 g/mol. The van der Waals surface area contributed by atoms with Crippen molar-refractivity contribution in [1.29, 1.82) is 0 Å². The van der Waals surface area contributed by atoms with Gasteiger partial charge in [0.1, 0.15) is 0 Å². The molecule has 6 heteroatoms. The van der Waals surface area contributed by atoms with Crippen molar-refractivity contribution in [2.24, 2.45) is 0 Å². The van der Waals surface area contributed by atoms with E-state index in [0.717, 1.165) is 5.56 Å². The van der Waals surface area contributed by atoms with E-state index in [9.17, 15) is 13.2 Å². The Bertz CT molecular complexity index is 797. The van der Waals surface area contributed by atoms with E-state index in [1.165, 1.54) is 13.1 Å². The van der Waals surface area contributed by atoms with Crippen LogP contribution in [-0.2, 0) is 10.0 Å². The fourth-order valence-corrected chi connectivity index (χ4v) is 2.98. The van der Waals surface area contributed by atoms with E-state index >= 15 is 0 Å². The molecule has 0 spiro atoms. The number of rotatable bonds is 4. The van der Waals surface area contributed by atoms with Crippen LogP contribution >= 0.6 is 0 Å². The third kappa shape index (κ3) is 3.52. The quantitative estimate of drug-likeness (QED) is 0.909. The van der Waals surface area contributed by atoms with E-state index in [1.54, 1.807) is 31.2 Å². The zero-order chi connectivity index (χ0) is 16.3. The molecular formula is C16H18N2O3S. The molecule has 22 heavy (non-hydrogen) atoms. The number of benzene rings is 2. The molecule has 0 radical (unpaired) electrons. The second-order valence-corrected chi connectivity index (χ2v) is 6.86. The van der Waals surface area contributed by atoms with E-state index in [0.29, 0.717) is 16.8 Å². The van der Waals surface area contributed by atoms with Crippen LogP contribution in [-0.4, -0.2) is 21.4 Å². The highest BCUT2D eigenvalue weighted by Gasteiger charge is 2.16. The summed E-state index contributed by atoms with van der Waals surface area (Å²) in [6, 6.07) is 11.9. The average molecular weight is 318 g/mol. The third-order valence-electron chi connectivity index (χ3n) is 3.32. The first-order valence-corrected chi connectivity index (χ1v) is 8.24. The second-order valence-electron chi connectivity index (χ2n) is 5.01. The van der Waals surface area contributed by atoms with E-state index in [-0.39, 0.29) is 10.8 Å².